The molecule has 1 saturated carbocycles. The zero-order valence-electron chi connectivity index (χ0n) is 11.2. The van der Waals surface area contributed by atoms with Crippen LogP contribution >= 0.6 is 0 Å². The summed E-state index contributed by atoms with van der Waals surface area (Å²) in [6, 6.07) is 5.81. The second kappa shape index (κ2) is 5.92. The van der Waals surface area contributed by atoms with Crippen molar-refractivity contribution in [3.05, 3.63) is 24.3 Å². The number of rotatable bonds is 4. The Kier molecular flexibility index (Phi) is 4.47. The van der Waals surface area contributed by atoms with Crippen LogP contribution in [-0.4, -0.2) is 19.6 Å². The summed E-state index contributed by atoms with van der Waals surface area (Å²) in [4.78, 5) is 0.131. The molecule has 2 atom stereocenters. The number of phenols is 1. The summed E-state index contributed by atoms with van der Waals surface area (Å²) in [5.74, 6) is 0.587. The minimum absolute atomic E-state index is 0.0195. The van der Waals surface area contributed by atoms with Crippen LogP contribution in [0, 0.1) is 5.92 Å². The predicted molar refractivity (Wildman–Crippen MR) is 74.5 cm³/mol. The monoisotopic (exact) mass is 283 g/mol. The van der Waals surface area contributed by atoms with Crippen LogP contribution in [-0.2, 0) is 10.0 Å². The summed E-state index contributed by atoms with van der Waals surface area (Å²) >= 11 is 0. The summed E-state index contributed by atoms with van der Waals surface area (Å²) in [5.41, 5.74) is 0. The van der Waals surface area contributed by atoms with Crippen LogP contribution in [0.25, 0.3) is 0 Å². The fourth-order valence-corrected chi connectivity index (χ4v) is 4.03. The molecule has 2 unspecified atom stereocenters. The normalized spacial score (nSPS) is 24.3. The summed E-state index contributed by atoms with van der Waals surface area (Å²) in [6.07, 6.45) is 5.18. The van der Waals surface area contributed by atoms with Crippen LogP contribution in [0.5, 0.6) is 5.75 Å². The highest BCUT2D eigenvalue weighted by Crippen LogP contribution is 2.27. The average molecular weight is 283 g/mol. The van der Waals surface area contributed by atoms with Gasteiger partial charge < -0.3 is 5.11 Å². The Bertz CT molecular complexity index is 527. The second-order valence-corrected chi connectivity index (χ2v) is 6.97. The second-order valence-electron chi connectivity index (χ2n) is 5.26. The van der Waals surface area contributed by atoms with Crippen molar-refractivity contribution in [2.24, 2.45) is 5.92 Å². The van der Waals surface area contributed by atoms with Crippen molar-refractivity contribution in [3.8, 4) is 5.75 Å². The van der Waals surface area contributed by atoms with Gasteiger partial charge in [-0.15, -0.1) is 0 Å². The smallest absolute Gasteiger partial charge is 0.240 e. The molecule has 5 heteroatoms. The molecule has 1 fully saturated rings. The fraction of sp³-hybridized carbons (Fsp3) is 0.571. The molecule has 1 aromatic rings. The first-order chi connectivity index (χ1) is 9.01. The van der Waals surface area contributed by atoms with Gasteiger partial charge in [0, 0.05) is 6.04 Å². The van der Waals surface area contributed by atoms with Gasteiger partial charge in [-0.3, -0.25) is 0 Å². The maximum Gasteiger partial charge on any atom is 0.240 e. The summed E-state index contributed by atoms with van der Waals surface area (Å²) in [7, 11) is -3.52. The van der Waals surface area contributed by atoms with Gasteiger partial charge in [0.25, 0.3) is 0 Å². The fourth-order valence-electron chi connectivity index (χ4n) is 2.71. The molecule has 0 bridgehead atoms. The zero-order chi connectivity index (χ0) is 13.9. The lowest BCUT2D eigenvalue weighted by Crippen LogP contribution is -2.38. The van der Waals surface area contributed by atoms with Gasteiger partial charge in [-0.2, -0.15) is 0 Å². The average Bonchev–Trinajstić information content (AvgIpc) is 2.38. The van der Waals surface area contributed by atoms with Crippen molar-refractivity contribution in [2.75, 3.05) is 0 Å². The molecule has 1 aromatic carbocycles. The topological polar surface area (TPSA) is 66.4 Å². The van der Waals surface area contributed by atoms with Crippen molar-refractivity contribution in [1.82, 2.24) is 4.72 Å². The lowest BCUT2D eigenvalue weighted by atomic mass is 9.85. The lowest BCUT2D eigenvalue weighted by Gasteiger charge is -2.28. The van der Waals surface area contributed by atoms with Gasteiger partial charge in [-0.25, -0.2) is 13.1 Å². The van der Waals surface area contributed by atoms with Gasteiger partial charge in [0.15, 0.2) is 0 Å². The van der Waals surface area contributed by atoms with Gasteiger partial charge in [0.2, 0.25) is 10.0 Å². The Balaban J connectivity index is 2.09. The SMILES string of the molecule is CCC1CCCC(NS(=O)(=O)c2cccc(O)c2)C1. The van der Waals surface area contributed by atoms with Gasteiger partial charge >= 0.3 is 0 Å². The number of nitrogens with one attached hydrogen (secondary N) is 1. The van der Waals surface area contributed by atoms with Gasteiger partial charge in [-0.05, 0) is 37.0 Å². The summed E-state index contributed by atoms with van der Waals surface area (Å²) < 4.78 is 27.2. The Labute approximate surface area is 114 Å². The van der Waals surface area contributed by atoms with Crippen molar-refractivity contribution >= 4 is 10.0 Å². The first-order valence-corrected chi connectivity index (χ1v) is 8.31. The van der Waals surface area contributed by atoms with Gasteiger partial charge in [0.1, 0.15) is 5.75 Å². The molecule has 19 heavy (non-hydrogen) atoms. The quantitative estimate of drug-likeness (QED) is 0.892. The molecule has 2 N–H and O–H groups in total. The molecule has 0 radical (unpaired) electrons. The van der Waals surface area contributed by atoms with Crippen LogP contribution in [0.4, 0.5) is 0 Å². The number of sulfonamides is 1. The van der Waals surface area contributed by atoms with E-state index in [1.807, 2.05) is 0 Å². The number of aromatic hydroxyl groups is 1. The van der Waals surface area contributed by atoms with Crippen molar-refractivity contribution in [1.29, 1.82) is 0 Å². The molecule has 0 aliphatic heterocycles. The van der Waals surface area contributed by atoms with E-state index >= 15 is 0 Å². The Hall–Kier alpha value is -1.07. The molecule has 2 rings (SSSR count). The van der Waals surface area contributed by atoms with Crippen LogP contribution in [0.2, 0.25) is 0 Å². The third kappa shape index (κ3) is 3.70. The molecule has 0 saturated heterocycles. The number of hydrogen-bond acceptors (Lipinski definition) is 3. The molecule has 1 aliphatic carbocycles. The van der Waals surface area contributed by atoms with E-state index in [9.17, 15) is 13.5 Å². The van der Waals surface area contributed by atoms with E-state index in [1.165, 1.54) is 24.6 Å². The van der Waals surface area contributed by atoms with E-state index in [1.54, 1.807) is 6.07 Å². The highest BCUT2D eigenvalue weighted by molar-refractivity contribution is 7.89. The molecular formula is C14H21NO3S. The van der Waals surface area contributed by atoms with Crippen molar-refractivity contribution in [3.63, 3.8) is 0 Å². The first-order valence-electron chi connectivity index (χ1n) is 6.82. The molecule has 106 valence electrons. The van der Waals surface area contributed by atoms with Gasteiger partial charge in [0.05, 0.1) is 4.90 Å². The first kappa shape index (κ1) is 14.3. The van der Waals surface area contributed by atoms with E-state index < -0.39 is 10.0 Å². The maximum atomic E-state index is 12.2. The van der Waals surface area contributed by atoms with Crippen LogP contribution in [0.15, 0.2) is 29.2 Å². The van der Waals surface area contributed by atoms with E-state index in [4.69, 9.17) is 0 Å². The van der Waals surface area contributed by atoms with Crippen molar-refractivity contribution in [2.45, 2.75) is 50.0 Å². The largest absolute Gasteiger partial charge is 0.508 e. The van der Waals surface area contributed by atoms with Crippen LogP contribution < -0.4 is 4.72 Å². The maximum absolute atomic E-state index is 12.2. The number of phenolic OH excluding ortho intramolecular Hbond substituents is 1. The third-order valence-electron chi connectivity index (χ3n) is 3.81. The summed E-state index contributed by atoms with van der Waals surface area (Å²) in [6.45, 7) is 2.15. The summed E-state index contributed by atoms with van der Waals surface area (Å²) in [5, 5.41) is 9.37. The minimum atomic E-state index is -3.52. The molecule has 0 heterocycles. The Morgan fingerprint density at radius 1 is 1.37 bits per heavy atom. The number of benzene rings is 1. The third-order valence-corrected chi connectivity index (χ3v) is 5.33. The lowest BCUT2D eigenvalue weighted by molar-refractivity contribution is 0.301. The van der Waals surface area contributed by atoms with Crippen molar-refractivity contribution < 1.29 is 13.5 Å². The number of hydrogen-bond donors (Lipinski definition) is 2. The minimum Gasteiger partial charge on any atom is -0.508 e. The molecule has 0 aromatic heterocycles. The van der Waals surface area contributed by atoms with Crippen LogP contribution in [0.3, 0.4) is 0 Å². The highest BCUT2D eigenvalue weighted by Gasteiger charge is 2.25. The van der Waals surface area contributed by atoms with E-state index in [-0.39, 0.29) is 16.7 Å². The van der Waals surface area contributed by atoms with E-state index in [2.05, 4.69) is 11.6 Å². The van der Waals surface area contributed by atoms with E-state index in [0.29, 0.717) is 5.92 Å². The Morgan fingerprint density at radius 2 is 2.16 bits per heavy atom. The predicted octanol–water partition coefficient (Wildman–Crippen LogP) is 2.64. The van der Waals surface area contributed by atoms with Crippen LogP contribution in [0.1, 0.15) is 39.0 Å². The van der Waals surface area contributed by atoms with Gasteiger partial charge in [-0.1, -0.05) is 32.3 Å². The standard InChI is InChI=1S/C14H21NO3S/c1-2-11-5-3-6-12(9-11)15-19(17,18)14-8-4-7-13(16)10-14/h4,7-8,10-12,15-16H,2-3,5-6,9H2,1H3. The zero-order valence-corrected chi connectivity index (χ0v) is 12.0. The highest BCUT2D eigenvalue weighted by atomic mass is 32.2. The molecular weight excluding hydrogens is 262 g/mol. The molecule has 0 spiro atoms. The molecule has 0 amide bonds. The Morgan fingerprint density at radius 3 is 2.84 bits per heavy atom. The molecule has 1 aliphatic rings. The molecule has 4 nitrogen and oxygen atoms in total. The van der Waals surface area contributed by atoms with E-state index in [0.717, 1.165) is 25.7 Å².